The van der Waals surface area contributed by atoms with Gasteiger partial charge in [0.1, 0.15) is 5.82 Å². The van der Waals surface area contributed by atoms with E-state index in [4.69, 9.17) is 10.2 Å². The Kier molecular flexibility index (Phi) is 5.60. The Labute approximate surface area is 101 Å². The number of aliphatic hydroxyl groups is 2. The molecular formula is C10H12BrFO2S. The molecule has 1 atom stereocenters. The van der Waals surface area contributed by atoms with Crippen molar-refractivity contribution >= 4 is 27.7 Å². The zero-order chi connectivity index (χ0) is 11.3. The molecule has 0 aromatic heterocycles. The van der Waals surface area contributed by atoms with Gasteiger partial charge in [-0.3, -0.25) is 0 Å². The van der Waals surface area contributed by atoms with E-state index in [0.29, 0.717) is 11.5 Å². The van der Waals surface area contributed by atoms with Crippen LogP contribution < -0.4 is 0 Å². The minimum absolute atomic E-state index is 0.225. The molecular weight excluding hydrogens is 283 g/mol. The Bertz CT molecular complexity index is 322. The summed E-state index contributed by atoms with van der Waals surface area (Å²) in [5, 5.41) is 17.7. The lowest BCUT2D eigenvalue weighted by Gasteiger charge is -2.07. The third-order valence-corrected chi connectivity index (χ3v) is 3.67. The van der Waals surface area contributed by atoms with Crippen molar-refractivity contribution in [2.24, 2.45) is 0 Å². The predicted octanol–water partition coefficient (Wildman–Crippen LogP) is 2.17. The van der Waals surface area contributed by atoms with Crippen molar-refractivity contribution in [3.8, 4) is 0 Å². The number of rotatable bonds is 5. The van der Waals surface area contributed by atoms with E-state index in [1.807, 2.05) is 0 Å². The Hall–Kier alpha value is -0.100. The SMILES string of the molecule is OCC(O)CSCc1ccc(F)cc1Br. The predicted molar refractivity (Wildman–Crippen MR) is 63.4 cm³/mol. The summed E-state index contributed by atoms with van der Waals surface area (Å²) in [5.41, 5.74) is 0.978. The quantitative estimate of drug-likeness (QED) is 0.874. The standard InChI is InChI=1S/C10H12BrFO2S/c11-10-3-8(12)2-1-7(10)5-15-6-9(14)4-13/h1-3,9,13-14H,4-6H2. The average molecular weight is 295 g/mol. The zero-order valence-electron chi connectivity index (χ0n) is 7.99. The first-order valence-electron chi connectivity index (χ1n) is 4.44. The molecule has 84 valence electrons. The smallest absolute Gasteiger partial charge is 0.124 e. The lowest BCUT2D eigenvalue weighted by molar-refractivity contribution is 0.113. The molecule has 0 spiro atoms. The summed E-state index contributed by atoms with van der Waals surface area (Å²) in [5.74, 6) is 0.879. The van der Waals surface area contributed by atoms with Crippen molar-refractivity contribution in [3.05, 3.63) is 34.1 Å². The summed E-state index contributed by atoms with van der Waals surface area (Å²) >= 11 is 4.76. The van der Waals surface area contributed by atoms with Crippen LogP contribution in [0.5, 0.6) is 0 Å². The Morgan fingerprint density at radius 3 is 2.80 bits per heavy atom. The van der Waals surface area contributed by atoms with E-state index < -0.39 is 6.10 Å². The molecule has 0 radical (unpaired) electrons. The highest BCUT2D eigenvalue weighted by atomic mass is 79.9. The Balaban J connectivity index is 2.44. The van der Waals surface area contributed by atoms with Crippen molar-refractivity contribution in [1.29, 1.82) is 0 Å². The van der Waals surface area contributed by atoms with Crippen LogP contribution in [0.15, 0.2) is 22.7 Å². The Morgan fingerprint density at radius 1 is 1.47 bits per heavy atom. The Morgan fingerprint density at radius 2 is 2.20 bits per heavy atom. The highest BCUT2D eigenvalue weighted by Gasteiger charge is 2.05. The normalized spacial score (nSPS) is 12.8. The largest absolute Gasteiger partial charge is 0.394 e. The highest BCUT2D eigenvalue weighted by Crippen LogP contribution is 2.22. The molecule has 2 N–H and O–H groups in total. The van der Waals surface area contributed by atoms with Crippen LogP contribution >= 0.6 is 27.7 Å². The number of aliphatic hydroxyl groups excluding tert-OH is 2. The van der Waals surface area contributed by atoms with Gasteiger partial charge in [0.2, 0.25) is 0 Å². The van der Waals surface area contributed by atoms with E-state index in [2.05, 4.69) is 15.9 Å². The van der Waals surface area contributed by atoms with Crippen molar-refractivity contribution in [2.45, 2.75) is 11.9 Å². The maximum atomic E-state index is 12.7. The van der Waals surface area contributed by atoms with Gasteiger partial charge < -0.3 is 10.2 Å². The first kappa shape index (κ1) is 13.0. The van der Waals surface area contributed by atoms with Gasteiger partial charge in [-0.2, -0.15) is 11.8 Å². The molecule has 0 heterocycles. The molecule has 2 nitrogen and oxygen atoms in total. The molecule has 1 unspecified atom stereocenters. The molecule has 0 aliphatic heterocycles. The lowest BCUT2D eigenvalue weighted by Crippen LogP contribution is -2.14. The van der Waals surface area contributed by atoms with Crippen molar-refractivity contribution in [1.82, 2.24) is 0 Å². The van der Waals surface area contributed by atoms with E-state index >= 15 is 0 Å². The van der Waals surface area contributed by atoms with Crippen LogP contribution in [0.2, 0.25) is 0 Å². The van der Waals surface area contributed by atoms with Gasteiger partial charge in [-0.25, -0.2) is 4.39 Å². The van der Waals surface area contributed by atoms with Crippen LogP contribution in [0.4, 0.5) is 4.39 Å². The molecule has 1 aromatic carbocycles. The van der Waals surface area contributed by atoms with Gasteiger partial charge in [0.15, 0.2) is 0 Å². The van der Waals surface area contributed by atoms with E-state index in [9.17, 15) is 4.39 Å². The molecule has 0 fully saturated rings. The number of benzene rings is 1. The van der Waals surface area contributed by atoms with Gasteiger partial charge in [-0.15, -0.1) is 0 Å². The fraction of sp³-hybridized carbons (Fsp3) is 0.400. The molecule has 5 heteroatoms. The van der Waals surface area contributed by atoms with Crippen molar-refractivity contribution in [2.75, 3.05) is 12.4 Å². The fourth-order valence-electron chi connectivity index (χ4n) is 0.996. The molecule has 0 bridgehead atoms. The van der Waals surface area contributed by atoms with Gasteiger partial charge in [-0.1, -0.05) is 22.0 Å². The van der Waals surface area contributed by atoms with E-state index in [1.165, 1.54) is 23.9 Å². The summed E-state index contributed by atoms with van der Waals surface area (Å²) in [4.78, 5) is 0. The van der Waals surface area contributed by atoms with E-state index in [0.717, 1.165) is 10.0 Å². The lowest BCUT2D eigenvalue weighted by atomic mass is 10.2. The van der Waals surface area contributed by atoms with Crippen LogP contribution in [0, 0.1) is 5.82 Å². The number of thioether (sulfide) groups is 1. The molecule has 0 aliphatic rings. The highest BCUT2D eigenvalue weighted by molar-refractivity contribution is 9.10. The summed E-state index contributed by atoms with van der Waals surface area (Å²) in [6.07, 6.45) is -0.686. The zero-order valence-corrected chi connectivity index (χ0v) is 10.4. The van der Waals surface area contributed by atoms with Gasteiger partial charge in [0.25, 0.3) is 0 Å². The molecule has 0 saturated carbocycles. The molecule has 1 rings (SSSR count). The van der Waals surface area contributed by atoms with Crippen LogP contribution in [0.1, 0.15) is 5.56 Å². The van der Waals surface area contributed by atoms with Crippen molar-refractivity contribution < 1.29 is 14.6 Å². The van der Waals surface area contributed by atoms with Crippen LogP contribution in [-0.4, -0.2) is 28.7 Å². The van der Waals surface area contributed by atoms with Crippen molar-refractivity contribution in [3.63, 3.8) is 0 Å². The maximum Gasteiger partial charge on any atom is 0.124 e. The fourth-order valence-corrected chi connectivity index (χ4v) is 2.64. The van der Waals surface area contributed by atoms with Crippen LogP contribution in [0.25, 0.3) is 0 Å². The molecule has 0 aliphatic carbocycles. The van der Waals surface area contributed by atoms with Crippen LogP contribution in [-0.2, 0) is 5.75 Å². The minimum Gasteiger partial charge on any atom is -0.394 e. The molecule has 0 amide bonds. The average Bonchev–Trinajstić information content (AvgIpc) is 2.21. The molecule has 15 heavy (non-hydrogen) atoms. The first-order chi connectivity index (χ1) is 7.13. The molecule has 0 saturated heterocycles. The maximum absolute atomic E-state index is 12.7. The summed E-state index contributed by atoms with van der Waals surface area (Å²) in [6, 6.07) is 4.53. The van der Waals surface area contributed by atoms with E-state index in [1.54, 1.807) is 6.07 Å². The topological polar surface area (TPSA) is 40.5 Å². The van der Waals surface area contributed by atoms with Gasteiger partial charge in [0.05, 0.1) is 12.7 Å². The summed E-state index contributed by atoms with van der Waals surface area (Å²) in [7, 11) is 0. The van der Waals surface area contributed by atoms with E-state index in [-0.39, 0.29) is 12.4 Å². The number of halogens is 2. The van der Waals surface area contributed by atoms with Gasteiger partial charge >= 0.3 is 0 Å². The third-order valence-electron chi connectivity index (χ3n) is 1.79. The van der Waals surface area contributed by atoms with Gasteiger partial charge in [0, 0.05) is 16.0 Å². The number of hydrogen-bond donors (Lipinski definition) is 2. The third kappa shape index (κ3) is 4.51. The van der Waals surface area contributed by atoms with Gasteiger partial charge in [-0.05, 0) is 17.7 Å². The molecule has 1 aromatic rings. The monoisotopic (exact) mass is 294 g/mol. The number of hydrogen-bond acceptors (Lipinski definition) is 3. The second-order valence-electron chi connectivity index (χ2n) is 3.09. The summed E-state index contributed by atoms with van der Waals surface area (Å²) in [6.45, 7) is -0.225. The summed E-state index contributed by atoms with van der Waals surface area (Å²) < 4.78 is 13.5. The minimum atomic E-state index is -0.686. The second kappa shape index (κ2) is 6.48. The second-order valence-corrected chi connectivity index (χ2v) is 4.97. The first-order valence-corrected chi connectivity index (χ1v) is 6.39. The van der Waals surface area contributed by atoms with Crippen LogP contribution in [0.3, 0.4) is 0 Å².